The third-order valence-corrected chi connectivity index (χ3v) is 13.8. The molecule has 0 saturated heterocycles. The van der Waals surface area contributed by atoms with E-state index in [2.05, 4.69) is 51.4 Å². The van der Waals surface area contributed by atoms with E-state index in [0.717, 1.165) is 24.3 Å². The number of anilines is 5. The van der Waals surface area contributed by atoms with Gasteiger partial charge in [-0.15, -0.1) is 10.2 Å². The van der Waals surface area contributed by atoms with Crippen LogP contribution in [0.25, 0.3) is 0 Å². The fraction of sp³-hybridized carbons (Fsp3) is 0.289. The average Bonchev–Trinajstić information content (AvgIpc) is 3.26. The van der Waals surface area contributed by atoms with Gasteiger partial charge in [0.15, 0.2) is 0 Å². The van der Waals surface area contributed by atoms with Crippen molar-refractivity contribution in [2.24, 2.45) is 26.4 Å². The van der Waals surface area contributed by atoms with Gasteiger partial charge in [0.05, 0.1) is 86.1 Å². The van der Waals surface area contributed by atoms with Gasteiger partial charge in [-0.05, 0) is 73.7 Å². The number of aliphatic hydroxyl groups excluding tert-OH is 1. The molecule has 1 atom stereocenters. The van der Waals surface area contributed by atoms with E-state index in [9.17, 15) is 57.0 Å². The van der Waals surface area contributed by atoms with Crippen LogP contribution in [0, 0.1) is 5.92 Å². The molecular formula is C38H36Cl4N10Na4O15S4. The molecule has 25 nitrogen and oxygen atoms in total. The van der Waals surface area contributed by atoms with E-state index in [4.69, 9.17) is 55.9 Å². The maximum atomic E-state index is 11.7. The van der Waals surface area contributed by atoms with Crippen molar-refractivity contribution in [2.75, 3.05) is 53.8 Å². The zero-order valence-corrected chi connectivity index (χ0v) is 54.4. The SMILES string of the molecule is CC(CO)CCNc1nc(Nc2cc(Cl)c(N=Nc3ccc(Cl)c(S(=O)(=O)[O-])c3)cc2OCCCS(=O)(=O)[O-])nc(Nc2cc(Cl)c(N=Nc3ccc(Cl)c(S(=O)(=O)[O-])c3)cc2OCCCS(=O)(=O)[O-])n1.[Na+].[Na+].[Na+].[Na+]. The summed E-state index contributed by atoms with van der Waals surface area (Å²) in [7, 11) is -19.2. The first-order valence-corrected chi connectivity index (χ1v) is 27.4. The maximum absolute atomic E-state index is 11.7. The second-order valence-corrected chi connectivity index (χ2v) is 22.0. The molecule has 5 rings (SSSR count). The second kappa shape index (κ2) is 32.3. The molecule has 384 valence electrons. The van der Waals surface area contributed by atoms with Crippen molar-refractivity contribution in [1.82, 2.24) is 15.0 Å². The normalized spacial score (nSPS) is 12.2. The van der Waals surface area contributed by atoms with Gasteiger partial charge in [-0.2, -0.15) is 25.2 Å². The zero-order chi connectivity index (χ0) is 52.3. The first-order valence-electron chi connectivity index (χ1n) is 20.0. The minimum atomic E-state index is -4.99. The number of aromatic nitrogens is 3. The second-order valence-electron chi connectivity index (χ2n) is 14.6. The van der Waals surface area contributed by atoms with Crippen molar-refractivity contribution >= 4 is 139 Å². The van der Waals surface area contributed by atoms with E-state index in [-0.39, 0.29) is 247 Å². The molecule has 0 aliphatic rings. The number of hydrogen-bond acceptors (Lipinski definition) is 25. The molecule has 1 unspecified atom stereocenters. The number of halogens is 4. The molecule has 37 heteroatoms. The van der Waals surface area contributed by atoms with Crippen LogP contribution < -0.4 is 144 Å². The van der Waals surface area contributed by atoms with Crippen molar-refractivity contribution in [2.45, 2.75) is 36.0 Å². The van der Waals surface area contributed by atoms with Gasteiger partial charge in [0, 0.05) is 36.8 Å². The minimum absolute atomic E-state index is 0. The Morgan fingerprint density at radius 2 is 0.960 bits per heavy atom. The number of hydrogen-bond donors (Lipinski definition) is 4. The molecule has 0 saturated carbocycles. The Morgan fingerprint density at radius 1 is 0.573 bits per heavy atom. The van der Waals surface area contributed by atoms with Gasteiger partial charge in [0.2, 0.25) is 17.8 Å². The molecule has 0 aliphatic carbocycles. The monoisotopic (exact) mass is 1230 g/mol. The molecule has 5 aromatic rings. The van der Waals surface area contributed by atoms with Crippen molar-refractivity contribution in [3.63, 3.8) is 0 Å². The molecule has 4 N–H and O–H groups in total. The standard InChI is InChI=1S/C38H40Cl4N10O15S4.4Na/c1-21(20-53)8-9-43-36-46-37(44-30-16-26(41)28(18-32(30)66-10-2-12-68(54,55)56)51-49-22-4-6-24(39)34(14-22)70(60,61)62)48-38(47-36)45-31-17-27(42)29(19-33(31)67-11-3-13-69(57,58)59)52-50-23-5-7-25(40)35(15-23)71(63,64)65;;;;/h4-7,14-19,21,53H,2-3,8-13,20H2,1H3,(H,54,55,56)(H,57,58,59)(H,60,61,62)(H,63,64,65)(H3,43,44,45,46,47,48);;;;/q;4*+1/p-4. The summed E-state index contributed by atoms with van der Waals surface area (Å²) >= 11 is 25.0. The fourth-order valence-corrected chi connectivity index (χ4v) is 8.84. The summed E-state index contributed by atoms with van der Waals surface area (Å²) in [5.41, 5.74) is -0.341. The molecule has 4 aromatic carbocycles. The average molecular weight is 1230 g/mol. The first kappa shape index (κ1) is 71.9. The topological polar surface area (TPSA) is 392 Å². The number of azo groups is 2. The van der Waals surface area contributed by atoms with Crippen LogP contribution in [-0.4, -0.2) is 110 Å². The van der Waals surface area contributed by atoms with Gasteiger partial charge < -0.3 is 48.7 Å². The Morgan fingerprint density at radius 3 is 1.32 bits per heavy atom. The van der Waals surface area contributed by atoms with Crippen molar-refractivity contribution in [1.29, 1.82) is 0 Å². The Bertz CT molecular complexity index is 3110. The van der Waals surface area contributed by atoms with Gasteiger partial charge in [0.1, 0.15) is 43.1 Å². The summed E-state index contributed by atoms with van der Waals surface area (Å²) in [5.74, 6) is -2.34. The molecule has 0 radical (unpaired) electrons. The number of ether oxygens (including phenoxy) is 2. The molecule has 75 heavy (non-hydrogen) atoms. The van der Waals surface area contributed by atoms with Gasteiger partial charge in [-0.1, -0.05) is 53.3 Å². The van der Waals surface area contributed by atoms with Crippen LogP contribution in [0.1, 0.15) is 26.2 Å². The molecule has 0 aliphatic heterocycles. The summed E-state index contributed by atoms with van der Waals surface area (Å²) in [5, 5.41) is 33.5. The van der Waals surface area contributed by atoms with Gasteiger partial charge >= 0.3 is 118 Å². The largest absolute Gasteiger partial charge is 1.00 e. The number of nitrogens with one attached hydrogen (secondary N) is 3. The minimum Gasteiger partial charge on any atom is -0.748 e. The van der Waals surface area contributed by atoms with Crippen LogP contribution in [0.3, 0.4) is 0 Å². The molecule has 1 heterocycles. The smallest absolute Gasteiger partial charge is 0.748 e. The molecule has 0 spiro atoms. The third kappa shape index (κ3) is 24.2. The van der Waals surface area contributed by atoms with Crippen LogP contribution in [0.2, 0.25) is 20.1 Å². The Balaban J connectivity index is 0.00000703. The van der Waals surface area contributed by atoms with E-state index in [1.165, 1.54) is 36.4 Å². The van der Waals surface area contributed by atoms with Crippen molar-refractivity contribution in [3.8, 4) is 11.5 Å². The predicted molar refractivity (Wildman–Crippen MR) is 255 cm³/mol. The molecule has 1 aromatic heterocycles. The summed E-state index contributed by atoms with van der Waals surface area (Å²) in [4.78, 5) is 11.7. The molecular weight excluding hydrogens is 1200 g/mol. The van der Waals surface area contributed by atoms with Crippen LogP contribution in [0.4, 0.5) is 52.0 Å². The predicted octanol–water partition coefficient (Wildman–Crippen LogP) is -4.31. The van der Waals surface area contributed by atoms with E-state index < -0.39 is 61.8 Å². The van der Waals surface area contributed by atoms with Crippen LogP contribution in [-0.2, 0) is 40.5 Å². The molecule has 0 bridgehead atoms. The van der Waals surface area contributed by atoms with Crippen LogP contribution in [0.15, 0.2) is 90.9 Å². The summed E-state index contributed by atoms with van der Waals surface area (Å²) < 4.78 is 150. The number of aliphatic hydroxyl groups is 1. The van der Waals surface area contributed by atoms with Crippen LogP contribution >= 0.6 is 46.4 Å². The number of nitrogens with zero attached hydrogens (tertiary/aromatic N) is 7. The summed E-state index contributed by atoms with van der Waals surface area (Å²) in [6.45, 7) is 1.24. The van der Waals surface area contributed by atoms with E-state index in [1.54, 1.807) is 6.92 Å². The summed E-state index contributed by atoms with van der Waals surface area (Å²) in [6, 6.07) is 11.6. The van der Waals surface area contributed by atoms with Crippen molar-refractivity contribution < 1.29 is 185 Å². The quantitative estimate of drug-likeness (QED) is 0.0186. The molecule has 0 fully saturated rings. The Labute approximate surface area is 539 Å². The first-order chi connectivity index (χ1) is 33.2. The maximum Gasteiger partial charge on any atom is 1.00 e. The van der Waals surface area contributed by atoms with E-state index in [0.29, 0.717) is 6.42 Å². The number of benzene rings is 4. The van der Waals surface area contributed by atoms with Gasteiger partial charge in [-0.25, -0.2) is 33.7 Å². The summed E-state index contributed by atoms with van der Waals surface area (Å²) in [6.07, 6.45) is -0.0568. The Kier molecular flexibility index (Phi) is 31.0. The van der Waals surface area contributed by atoms with Gasteiger partial charge in [0.25, 0.3) is 0 Å². The van der Waals surface area contributed by atoms with E-state index in [1.807, 2.05) is 0 Å². The fourth-order valence-electron chi connectivity index (χ4n) is 5.55. The molecule has 0 amide bonds. The third-order valence-electron chi connectivity index (χ3n) is 8.97. The number of rotatable bonds is 25. The van der Waals surface area contributed by atoms with Gasteiger partial charge in [-0.3, -0.25) is 0 Å². The van der Waals surface area contributed by atoms with Crippen LogP contribution in [0.5, 0.6) is 11.5 Å². The Hall–Kier alpha value is -1.15. The van der Waals surface area contributed by atoms with E-state index >= 15 is 0 Å². The zero-order valence-electron chi connectivity index (χ0n) is 40.2. The van der Waals surface area contributed by atoms with Crippen molar-refractivity contribution in [3.05, 3.63) is 80.8 Å².